The van der Waals surface area contributed by atoms with Gasteiger partial charge >= 0.3 is 5.97 Å². The number of carboxylic acids is 1. The van der Waals surface area contributed by atoms with E-state index in [1.165, 1.54) is 47.0 Å². The van der Waals surface area contributed by atoms with Crippen LogP contribution in [0.15, 0.2) is 116 Å². The Labute approximate surface area is 839 Å². The number of nitrogens with two attached hydrogens (primary N) is 2. The number of hydrogen-bond acceptors (Lipinski definition) is 25. The van der Waals surface area contributed by atoms with Crippen molar-refractivity contribution in [2.24, 2.45) is 23.3 Å². The van der Waals surface area contributed by atoms with Gasteiger partial charge in [0.25, 0.3) is 0 Å². The molecule has 12 bridgehead atoms. The Kier molecular flexibility index (Phi) is 38.6. The maximum absolute atomic E-state index is 15.8. The molecule has 13 atom stereocenters. The summed E-state index contributed by atoms with van der Waals surface area (Å²) in [4.78, 5) is 263. The fraction of sp³-hybridized carbons (Fsp3) is 0.485. The molecule has 7 heterocycles. The van der Waals surface area contributed by atoms with Gasteiger partial charge in [0.2, 0.25) is 94.5 Å². The van der Waals surface area contributed by atoms with Gasteiger partial charge in [-0.1, -0.05) is 82.3 Å². The van der Waals surface area contributed by atoms with E-state index < -0.39 is 204 Å². The Bertz CT molecular complexity index is 5860. The number of aliphatic carboxylic acids is 1. The highest BCUT2D eigenvalue weighted by Crippen LogP contribution is 2.32. The zero-order valence-corrected chi connectivity index (χ0v) is 83.5. The lowest BCUT2D eigenvalue weighted by atomic mass is 9.97. The molecule has 2 saturated heterocycles. The molecule has 0 spiro atoms. The summed E-state index contributed by atoms with van der Waals surface area (Å²) in [6, 6.07) is 12.0. The van der Waals surface area contributed by atoms with Gasteiger partial charge in [0, 0.05) is 147 Å². The van der Waals surface area contributed by atoms with Gasteiger partial charge in [-0.3, -0.25) is 81.5 Å². The normalized spacial score (nSPS) is 24.1. The summed E-state index contributed by atoms with van der Waals surface area (Å²) in [7, 11) is 4.41. The number of hydrogen-bond donors (Lipinski definition) is 17. The van der Waals surface area contributed by atoms with E-state index in [4.69, 9.17) is 25.7 Å². The molecule has 16 amide bonds. The fourth-order valence-electron chi connectivity index (χ4n) is 17.8. The summed E-state index contributed by atoms with van der Waals surface area (Å²) >= 11 is 3.28. The summed E-state index contributed by atoms with van der Waals surface area (Å²) in [6.45, 7) is 6.39. The van der Waals surface area contributed by atoms with Crippen LogP contribution in [0.2, 0.25) is 0 Å². The monoisotopic (exact) mass is 2030 g/mol. The summed E-state index contributed by atoms with van der Waals surface area (Å²) in [5.74, 6) is -16.2. The van der Waals surface area contributed by atoms with Crippen molar-refractivity contribution in [2.75, 3.05) is 68.9 Å². The molecule has 5 aromatic carbocycles. The first kappa shape index (κ1) is 108. The number of aromatic amines is 2. The summed E-state index contributed by atoms with van der Waals surface area (Å²) < 4.78 is 17.9. The second-order valence-corrected chi connectivity index (χ2v) is 40.5. The van der Waals surface area contributed by atoms with Crippen LogP contribution in [-0.4, -0.2) is 288 Å². The van der Waals surface area contributed by atoms with E-state index in [0.29, 0.717) is 90.0 Å². The molecule has 44 heteroatoms. The van der Waals surface area contributed by atoms with Crippen molar-refractivity contribution >= 4 is 158 Å². The largest absolute Gasteiger partial charge is 0.497 e. The number of aromatic nitrogens is 2. The van der Waals surface area contributed by atoms with Gasteiger partial charge in [0.15, 0.2) is 0 Å². The van der Waals surface area contributed by atoms with Crippen LogP contribution in [0.25, 0.3) is 21.8 Å². The highest BCUT2D eigenvalue weighted by molar-refractivity contribution is 7.99. The molecule has 143 heavy (non-hydrogen) atoms. The number of aliphatic hydroxyl groups excluding tert-OH is 1. The van der Waals surface area contributed by atoms with Gasteiger partial charge in [-0.2, -0.15) is 35.3 Å². The highest BCUT2D eigenvalue weighted by atomic mass is 32.2. The average molecular weight is 2030 g/mol. The SMILES string of the molecule is COc1cc2cc(c1)CN1Cc3cc(cc(OC)c3)CN3Cc4cc(cc(OC)c4)CN(C2)C(=O)CCSC[C@@H](C(N)=O)NC(=O)[C@@H]2CCCN2C(=O)[C@H](C(C)C)NC(=O)[C@H](Cc2c[nH]c4ccccc24)NC(=O)CNC(=O)[C@H](CC(=O)O)NC(=O)[C@H](C(C)C)NC(=O)[C@H](Cc2c[nH]c4ccccc24)NC(=O)[C@H](CSCCC3=O)NC(=O)[C@@H]2CCC[C@@H](O)[C@H](NC(=O)[C@@H](NC(=O)[C@H](C)N)CSCCC1=O)C(=O)N2. The average Bonchev–Trinajstić information content (AvgIpc) is 1.61. The Morgan fingerprint density at radius 2 is 0.930 bits per heavy atom. The number of benzene rings is 5. The Balaban J connectivity index is 0.951. The number of para-hydroxylation sites is 2. The van der Waals surface area contributed by atoms with Crippen molar-refractivity contribution < 1.29 is 106 Å². The molecule has 41 nitrogen and oxygen atoms in total. The minimum Gasteiger partial charge on any atom is -0.497 e. The van der Waals surface area contributed by atoms with Crippen molar-refractivity contribution in [1.82, 2.24) is 88.1 Å². The smallest absolute Gasteiger partial charge is 0.305 e. The summed E-state index contributed by atoms with van der Waals surface area (Å²) in [5, 5.41) is 52.4. The molecule has 12 rings (SSSR count). The number of nitrogens with zero attached hydrogens (tertiary/aromatic N) is 4. The van der Waals surface area contributed by atoms with Crippen molar-refractivity contribution in [3.8, 4) is 17.2 Å². The van der Waals surface area contributed by atoms with E-state index in [1.807, 2.05) is 18.2 Å². The Morgan fingerprint density at radius 3 is 1.41 bits per heavy atom. The zero-order chi connectivity index (χ0) is 103. The molecule has 19 N–H and O–H groups in total. The Hall–Kier alpha value is -13.5. The maximum Gasteiger partial charge on any atom is 0.305 e. The molecular formula is C99H127N19O22S3. The van der Waals surface area contributed by atoms with Crippen LogP contribution in [-0.2, 0) is 134 Å². The number of aliphatic hydroxyl groups is 1. The fourth-order valence-corrected chi connectivity index (χ4v) is 20.7. The predicted octanol–water partition coefficient (Wildman–Crippen LogP) is 1.58. The molecule has 768 valence electrons. The second-order valence-electron chi connectivity index (χ2n) is 37.0. The number of carbonyl (C=O) groups excluding carboxylic acids is 16. The van der Waals surface area contributed by atoms with Crippen molar-refractivity contribution in [3.05, 3.63) is 160 Å². The van der Waals surface area contributed by atoms with Gasteiger partial charge in [-0.15, -0.1) is 0 Å². The van der Waals surface area contributed by atoms with E-state index in [0.717, 1.165) is 35.3 Å². The minimum absolute atomic E-state index is 0.0362. The van der Waals surface area contributed by atoms with Crippen LogP contribution in [0, 0.1) is 11.8 Å². The number of thioether (sulfide) groups is 3. The lowest BCUT2D eigenvalue weighted by molar-refractivity contribution is -0.143. The molecule has 5 aliphatic rings. The number of carbonyl (C=O) groups is 17. The van der Waals surface area contributed by atoms with Crippen LogP contribution < -0.4 is 84.2 Å². The van der Waals surface area contributed by atoms with E-state index >= 15 is 38.4 Å². The number of fused-ring (bicyclic) bond motifs is 15. The molecule has 2 fully saturated rings. The predicted molar refractivity (Wildman–Crippen MR) is 533 cm³/mol. The third-order valence-corrected chi connectivity index (χ3v) is 28.7. The quantitative estimate of drug-likeness (QED) is 0.0735. The first-order valence-electron chi connectivity index (χ1n) is 47.6. The van der Waals surface area contributed by atoms with Gasteiger partial charge in [0.1, 0.15) is 83.7 Å². The minimum atomic E-state index is -1.96. The standard InChI is InChI=1S/C99H127N19O22S3/c1-53(2)85-97(135)108-74(40-84(124)125)90(128)104-43-80(120)105-72(38-62-41-102-69-17-11-9-15-67(62)69)92(130)113-86(54(3)4)99(137)118-25-14-20-78(118)96(134)109-75(88(101)126)50-141-26-22-81(121)115-44-56-29-58(34-64(32-56)138-6)46-116-47-60-31-61(37-66(36-60)140-8)49-117(48-59-30-57(45-115)33-65(35-59)139-7)83(123)24-28-143-52-77(110-89(127)55(5)100)95(133)114-87-79(119)21-13-19-71(106-98(87)136)91(129)111-76(51-142-27-23-82(116)122)94(132)107-73(93(131)112-85)39-63-42-103-70-18-12-10-16-68(63)70/h9-12,15-18,29-37,41-42,53-55,71-79,85-87,102-103,119H,13-14,19-28,38-40,43-52,100H2,1-8H3,(H2,101,126)(H,104,128)(H,105,120)(H,106,136)(H,107,132)(H,108,135)(H,109,134)(H,110,127)(H,111,129)(H,112,131)(H,113,130)(H,114,133)(H,124,125)/t55-,71-,72-,73-,74-,75-,76-,77-,78-,79+,85-,86-,87-/m0/s1. The molecule has 0 unspecified atom stereocenters. The first-order valence-corrected chi connectivity index (χ1v) is 51.1. The van der Waals surface area contributed by atoms with E-state index in [2.05, 4.69) is 68.5 Å². The number of ether oxygens (including phenoxy) is 3. The topological polar surface area (TPSA) is 587 Å². The van der Waals surface area contributed by atoms with Gasteiger partial charge in [0.05, 0.1) is 46.4 Å². The third-order valence-electron chi connectivity index (χ3n) is 25.5. The van der Waals surface area contributed by atoms with Gasteiger partial charge in [-0.25, -0.2) is 0 Å². The number of rotatable bonds is 14. The molecule has 0 radical (unpaired) electrons. The summed E-state index contributed by atoms with van der Waals surface area (Å²) in [6.07, 6.45) is -0.327. The first-order chi connectivity index (χ1) is 68.4. The Morgan fingerprint density at radius 1 is 0.476 bits per heavy atom. The van der Waals surface area contributed by atoms with E-state index in [9.17, 15) is 53.4 Å². The van der Waals surface area contributed by atoms with Crippen molar-refractivity contribution in [2.45, 2.75) is 223 Å². The molecule has 0 saturated carbocycles. The molecule has 2 aromatic heterocycles. The molecule has 5 aliphatic heterocycles. The summed E-state index contributed by atoms with van der Waals surface area (Å²) in [5.41, 5.74) is 17.7. The third kappa shape index (κ3) is 29.9. The maximum atomic E-state index is 15.8. The number of carboxylic acid groups (broad SMARTS) is 1. The van der Waals surface area contributed by atoms with E-state index in [-0.39, 0.29) is 138 Å². The zero-order valence-electron chi connectivity index (χ0n) is 81.0. The number of nitrogens with one attached hydrogen (secondary N) is 13. The molecular weight excluding hydrogens is 1900 g/mol. The lowest BCUT2D eigenvalue weighted by Crippen LogP contribution is -2.63. The van der Waals surface area contributed by atoms with Crippen LogP contribution in [0.3, 0.4) is 0 Å². The molecule has 7 aromatic rings. The lowest BCUT2D eigenvalue weighted by Gasteiger charge is -2.32. The number of primary amides is 1. The van der Waals surface area contributed by atoms with Gasteiger partial charge < -0.3 is 124 Å². The second kappa shape index (κ2) is 51.0. The van der Waals surface area contributed by atoms with Crippen LogP contribution >= 0.6 is 35.3 Å². The van der Waals surface area contributed by atoms with Crippen LogP contribution in [0.4, 0.5) is 0 Å². The van der Waals surface area contributed by atoms with Crippen LogP contribution in [0.1, 0.15) is 137 Å². The number of methoxy groups -OCH3 is 3. The number of H-pyrrole nitrogens is 2. The van der Waals surface area contributed by atoms with E-state index in [1.54, 1.807) is 126 Å². The van der Waals surface area contributed by atoms with Crippen molar-refractivity contribution in [3.63, 3.8) is 0 Å². The number of amides is 16. The van der Waals surface area contributed by atoms with Gasteiger partial charge in [-0.05, 0) is 144 Å². The van der Waals surface area contributed by atoms with Crippen LogP contribution in [0.5, 0.6) is 17.2 Å². The highest BCUT2D eigenvalue weighted by Gasteiger charge is 2.44. The van der Waals surface area contributed by atoms with Crippen molar-refractivity contribution in [1.29, 1.82) is 0 Å². The molecule has 0 aliphatic carbocycles.